The summed E-state index contributed by atoms with van der Waals surface area (Å²) >= 11 is 0. The average molecular weight is 261 g/mol. The van der Waals surface area contributed by atoms with Gasteiger partial charge < -0.3 is 5.32 Å². The molecule has 1 saturated heterocycles. The number of piperidine rings is 1. The maximum atomic E-state index is 11.8. The van der Waals surface area contributed by atoms with Gasteiger partial charge in [0.15, 0.2) is 0 Å². The van der Waals surface area contributed by atoms with E-state index in [-0.39, 0.29) is 22.8 Å². The minimum atomic E-state index is 0.00976. The molecule has 1 atom stereocenters. The lowest BCUT2D eigenvalue weighted by Gasteiger charge is -2.51. The molecule has 2 rings (SSSR count). The average Bonchev–Trinajstić information content (AvgIpc) is 2.37. The molecular weight excluding hydrogens is 234 g/mol. The molecule has 1 amide bonds. The van der Waals surface area contributed by atoms with Crippen LogP contribution in [0.2, 0.25) is 0 Å². The Balaban J connectivity index is 0.000000861. The number of carbonyl (C=O) groups is 1. The summed E-state index contributed by atoms with van der Waals surface area (Å²) in [7, 11) is 0. The zero-order valence-corrected chi connectivity index (χ0v) is 13.1. The second kappa shape index (κ2) is 5.77. The van der Waals surface area contributed by atoms with Gasteiger partial charge in [-0.1, -0.05) is 71.9 Å². The van der Waals surface area contributed by atoms with Crippen LogP contribution < -0.4 is 5.32 Å². The zero-order chi connectivity index (χ0) is 14.7. The third-order valence-corrected chi connectivity index (χ3v) is 4.51. The number of hydrogen-bond acceptors (Lipinski definition) is 1. The van der Waals surface area contributed by atoms with E-state index in [2.05, 4.69) is 45.1 Å². The van der Waals surface area contributed by atoms with Gasteiger partial charge in [-0.25, -0.2) is 0 Å². The highest BCUT2D eigenvalue weighted by molar-refractivity contribution is 5.78. The molecule has 0 aliphatic carbocycles. The van der Waals surface area contributed by atoms with Crippen molar-refractivity contribution < 1.29 is 4.79 Å². The van der Waals surface area contributed by atoms with Gasteiger partial charge in [-0.05, 0) is 16.4 Å². The van der Waals surface area contributed by atoms with Crippen molar-refractivity contribution >= 4 is 5.91 Å². The van der Waals surface area contributed by atoms with Crippen LogP contribution >= 0.6 is 0 Å². The molecule has 1 aromatic rings. The van der Waals surface area contributed by atoms with Crippen LogP contribution in [0.25, 0.3) is 0 Å². The van der Waals surface area contributed by atoms with Gasteiger partial charge >= 0.3 is 0 Å². The van der Waals surface area contributed by atoms with Crippen molar-refractivity contribution in [2.24, 2.45) is 10.8 Å². The summed E-state index contributed by atoms with van der Waals surface area (Å²) in [5.74, 6) is 0.156. The minimum absolute atomic E-state index is 0.00976. The van der Waals surface area contributed by atoms with Gasteiger partial charge in [-0.2, -0.15) is 0 Å². The Kier molecular flexibility index (Phi) is 4.78. The number of benzene rings is 1. The molecule has 1 heterocycles. The first-order valence-electron chi connectivity index (χ1n) is 7.19. The van der Waals surface area contributed by atoms with Crippen molar-refractivity contribution in [3.05, 3.63) is 35.9 Å². The Labute approximate surface area is 117 Å². The quantitative estimate of drug-likeness (QED) is 0.801. The van der Waals surface area contributed by atoms with Crippen LogP contribution in [0.15, 0.2) is 30.3 Å². The number of carbonyl (C=O) groups excluding carboxylic acids is 1. The first-order valence-corrected chi connectivity index (χ1v) is 7.19. The smallest absolute Gasteiger partial charge is 0.221 e. The van der Waals surface area contributed by atoms with E-state index in [0.29, 0.717) is 6.42 Å². The van der Waals surface area contributed by atoms with Gasteiger partial charge in [0.25, 0.3) is 0 Å². The highest BCUT2D eigenvalue weighted by Gasteiger charge is 2.48. The van der Waals surface area contributed by atoms with E-state index in [9.17, 15) is 4.79 Å². The first-order chi connectivity index (χ1) is 8.84. The van der Waals surface area contributed by atoms with Crippen LogP contribution in [-0.4, -0.2) is 5.91 Å². The second-order valence-corrected chi connectivity index (χ2v) is 6.19. The van der Waals surface area contributed by atoms with Gasteiger partial charge in [0.1, 0.15) is 0 Å². The standard InChI is InChI=1S/C15H21NO.C2H6/c1-14(2)10-12(17)16-13(15(14,3)4)11-8-6-5-7-9-11;1-2/h5-9,13H,10H2,1-4H3,(H,16,17);1-2H3. The Morgan fingerprint density at radius 2 is 1.58 bits per heavy atom. The molecule has 1 fully saturated rings. The first kappa shape index (κ1) is 15.7. The van der Waals surface area contributed by atoms with E-state index < -0.39 is 0 Å². The van der Waals surface area contributed by atoms with E-state index in [1.165, 1.54) is 5.56 Å². The maximum Gasteiger partial charge on any atom is 0.221 e. The fourth-order valence-corrected chi connectivity index (χ4v) is 2.56. The third-order valence-electron chi connectivity index (χ3n) is 4.51. The second-order valence-electron chi connectivity index (χ2n) is 6.19. The molecule has 1 aliphatic rings. The van der Waals surface area contributed by atoms with Gasteiger partial charge in [-0.15, -0.1) is 0 Å². The van der Waals surface area contributed by atoms with E-state index in [1.807, 2.05) is 32.0 Å². The van der Waals surface area contributed by atoms with Crippen molar-refractivity contribution in [3.63, 3.8) is 0 Å². The molecule has 2 heteroatoms. The number of hydrogen-bond donors (Lipinski definition) is 1. The molecule has 0 bridgehead atoms. The summed E-state index contributed by atoms with van der Waals surface area (Å²) in [5.41, 5.74) is 1.25. The fourth-order valence-electron chi connectivity index (χ4n) is 2.56. The van der Waals surface area contributed by atoms with Crippen molar-refractivity contribution in [2.75, 3.05) is 0 Å². The summed E-state index contributed by atoms with van der Waals surface area (Å²) < 4.78 is 0. The number of nitrogens with one attached hydrogen (secondary N) is 1. The summed E-state index contributed by atoms with van der Waals surface area (Å²) in [6.07, 6.45) is 0.601. The van der Waals surface area contributed by atoms with Crippen LogP contribution in [0, 0.1) is 10.8 Å². The lowest BCUT2D eigenvalue weighted by Crippen LogP contribution is -2.52. The molecule has 1 N–H and O–H groups in total. The zero-order valence-electron chi connectivity index (χ0n) is 13.1. The lowest BCUT2D eigenvalue weighted by atomic mass is 9.59. The predicted molar refractivity (Wildman–Crippen MR) is 80.9 cm³/mol. The lowest BCUT2D eigenvalue weighted by molar-refractivity contribution is -0.133. The molecule has 1 aromatic carbocycles. The molecule has 0 saturated carbocycles. The van der Waals surface area contributed by atoms with E-state index in [1.54, 1.807) is 0 Å². The van der Waals surface area contributed by atoms with Crippen molar-refractivity contribution in [2.45, 2.75) is 54.0 Å². The van der Waals surface area contributed by atoms with Gasteiger partial charge in [0.05, 0.1) is 6.04 Å². The summed E-state index contributed by atoms with van der Waals surface area (Å²) in [6, 6.07) is 10.3. The Bertz CT molecular complexity index is 420. The molecule has 1 unspecified atom stereocenters. The molecule has 0 spiro atoms. The van der Waals surface area contributed by atoms with Crippen molar-refractivity contribution in [1.29, 1.82) is 0 Å². The van der Waals surface area contributed by atoms with Crippen LogP contribution in [0.4, 0.5) is 0 Å². The van der Waals surface area contributed by atoms with Gasteiger partial charge in [0, 0.05) is 6.42 Å². The van der Waals surface area contributed by atoms with E-state index >= 15 is 0 Å². The normalized spacial score (nSPS) is 23.9. The van der Waals surface area contributed by atoms with Crippen LogP contribution in [0.1, 0.15) is 59.6 Å². The molecule has 19 heavy (non-hydrogen) atoms. The van der Waals surface area contributed by atoms with E-state index in [4.69, 9.17) is 0 Å². The molecule has 2 nitrogen and oxygen atoms in total. The van der Waals surface area contributed by atoms with Crippen LogP contribution in [-0.2, 0) is 4.79 Å². The number of rotatable bonds is 1. The summed E-state index contributed by atoms with van der Waals surface area (Å²) in [4.78, 5) is 11.8. The third kappa shape index (κ3) is 2.99. The largest absolute Gasteiger partial charge is 0.349 e. The Morgan fingerprint density at radius 1 is 1.05 bits per heavy atom. The van der Waals surface area contributed by atoms with Gasteiger partial charge in [0.2, 0.25) is 5.91 Å². The topological polar surface area (TPSA) is 29.1 Å². The Morgan fingerprint density at radius 3 is 2.11 bits per heavy atom. The molecule has 0 radical (unpaired) electrons. The van der Waals surface area contributed by atoms with E-state index in [0.717, 1.165) is 0 Å². The Hall–Kier alpha value is -1.31. The summed E-state index contributed by atoms with van der Waals surface area (Å²) in [5, 5.41) is 3.14. The SMILES string of the molecule is CC.CC1(C)CC(=O)NC(c2ccccc2)C1(C)C. The molecule has 0 aromatic heterocycles. The van der Waals surface area contributed by atoms with Crippen LogP contribution in [0.3, 0.4) is 0 Å². The predicted octanol–water partition coefficient (Wildman–Crippen LogP) is 4.33. The minimum Gasteiger partial charge on any atom is -0.349 e. The van der Waals surface area contributed by atoms with Gasteiger partial charge in [-0.3, -0.25) is 4.79 Å². The molecule has 106 valence electrons. The van der Waals surface area contributed by atoms with Crippen molar-refractivity contribution in [3.8, 4) is 0 Å². The van der Waals surface area contributed by atoms with Crippen molar-refractivity contribution in [1.82, 2.24) is 5.32 Å². The molecule has 1 aliphatic heterocycles. The highest BCUT2D eigenvalue weighted by Crippen LogP contribution is 2.52. The maximum absolute atomic E-state index is 11.8. The molecular formula is C17H27NO. The van der Waals surface area contributed by atoms with Crippen LogP contribution in [0.5, 0.6) is 0 Å². The monoisotopic (exact) mass is 261 g/mol. The number of amides is 1. The summed E-state index contributed by atoms with van der Waals surface area (Å²) in [6.45, 7) is 12.8. The fraction of sp³-hybridized carbons (Fsp3) is 0.588. The highest BCUT2D eigenvalue weighted by atomic mass is 16.1.